The number of anilines is 2. The van der Waals surface area contributed by atoms with Crippen LogP contribution in [0.5, 0.6) is 0 Å². The van der Waals surface area contributed by atoms with Gasteiger partial charge in [0, 0.05) is 19.2 Å². The Labute approximate surface area is 127 Å². The van der Waals surface area contributed by atoms with Gasteiger partial charge in [0.25, 0.3) is 5.91 Å². The van der Waals surface area contributed by atoms with E-state index in [1.54, 1.807) is 6.07 Å². The monoisotopic (exact) mass is 303 g/mol. The van der Waals surface area contributed by atoms with Crippen LogP contribution in [0.4, 0.5) is 10.8 Å². The van der Waals surface area contributed by atoms with Gasteiger partial charge < -0.3 is 10.2 Å². The molecule has 6 nitrogen and oxygen atoms in total. The van der Waals surface area contributed by atoms with E-state index >= 15 is 0 Å². The molecule has 0 aliphatic carbocycles. The highest BCUT2D eigenvalue weighted by atomic mass is 32.1. The van der Waals surface area contributed by atoms with E-state index in [0.717, 1.165) is 29.6 Å². The van der Waals surface area contributed by atoms with Crippen molar-refractivity contribution in [2.45, 2.75) is 26.2 Å². The standard InChI is InChI=1S/C14H17N5OS/c1-10-7-13(21-18-10)17-14(20)11-8-12(16-9-15-11)19-5-3-2-4-6-19/h7-9H,2-6H2,1H3,(H,17,20). The normalized spacial score (nSPS) is 15.0. The Balaban J connectivity index is 1.74. The highest BCUT2D eigenvalue weighted by molar-refractivity contribution is 7.10. The molecule has 2 aromatic heterocycles. The van der Waals surface area contributed by atoms with Crippen LogP contribution in [0, 0.1) is 6.92 Å². The van der Waals surface area contributed by atoms with E-state index in [0.29, 0.717) is 5.69 Å². The Kier molecular flexibility index (Phi) is 4.10. The third-order valence-electron chi connectivity index (χ3n) is 3.43. The van der Waals surface area contributed by atoms with Crippen LogP contribution < -0.4 is 10.2 Å². The Morgan fingerprint density at radius 2 is 2.05 bits per heavy atom. The molecule has 1 N–H and O–H groups in total. The van der Waals surface area contributed by atoms with Gasteiger partial charge in [-0.2, -0.15) is 4.37 Å². The molecule has 110 valence electrons. The molecule has 2 aromatic rings. The fourth-order valence-electron chi connectivity index (χ4n) is 2.37. The molecule has 0 atom stereocenters. The summed E-state index contributed by atoms with van der Waals surface area (Å²) in [6.45, 7) is 3.88. The minimum Gasteiger partial charge on any atom is -0.357 e. The third kappa shape index (κ3) is 3.36. The lowest BCUT2D eigenvalue weighted by Gasteiger charge is -2.27. The largest absolute Gasteiger partial charge is 0.357 e. The van der Waals surface area contributed by atoms with Gasteiger partial charge in [0.05, 0.1) is 5.69 Å². The van der Waals surface area contributed by atoms with Crippen LogP contribution in [-0.4, -0.2) is 33.3 Å². The second-order valence-corrected chi connectivity index (χ2v) is 5.90. The zero-order valence-electron chi connectivity index (χ0n) is 11.9. The number of carbonyl (C=O) groups is 1. The average Bonchev–Trinajstić information content (AvgIpc) is 2.93. The van der Waals surface area contributed by atoms with Crippen LogP contribution in [0.2, 0.25) is 0 Å². The SMILES string of the molecule is Cc1cc(NC(=O)c2cc(N3CCCCC3)ncn2)sn1. The molecule has 3 rings (SSSR count). The molecule has 1 saturated heterocycles. The molecule has 1 aliphatic rings. The maximum absolute atomic E-state index is 12.2. The van der Waals surface area contributed by atoms with Gasteiger partial charge in [-0.15, -0.1) is 0 Å². The first-order valence-electron chi connectivity index (χ1n) is 7.04. The molecule has 0 radical (unpaired) electrons. The highest BCUT2D eigenvalue weighted by Crippen LogP contribution is 2.19. The molecule has 3 heterocycles. The van der Waals surface area contributed by atoms with Crippen molar-refractivity contribution in [3.05, 3.63) is 29.8 Å². The Morgan fingerprint density at radius 3 is 2.76 bits per heavy atom. The van der Waals surface area contributed by atoms with Gasteiger partial charge in [0.15, 0.2) is 0 Å². The molecule has 7 heteroatoms. The minimum absolute atomic E-state index is 0.223. The quantitative estimate of drug-likeness (QED) is 0.943. The summed E-state index contributed by atoms with van der Waals surface area (Å²) in [5.41, 5.74) is 1.28. The van der Waals surface area contributed by atoms with E-state index in [9.17, 15) is 4.79 Å². The second-order valence-electron chi connectivity index (χ2n) is 5.10. The van der Waals surface area contributed by atoms with E-state index < -0.39 is 0 Å². The summed E-state index contributed by atoms with van der Waals surface area (Å²) in [5, 5.41) is 3.55. The number of carbonyl (C=O) groups excluding carboxylic acids is 1. The first kappa shape index (κ1) is 13.9. The fraction of sp³-hybridized carbons (Fsp3) is 0.429. The number of hydrogen-bond donors (Lipinski definition) is 1. The molecular weight excluding hydrogens is 286 g/mol. The van der Waals surface area contributed by atoms with E-state index in [1.165, 1.54) is 37.1 Å². The number of nitrogens with one attached hydrogen (secondary N) is 1. The molecule has 0 saturated carbocycles. The van der Waals surface area contributed by atoms with Crippen molar-refractivity contribution in [3.63, 3.8) is 0 Å². The molecule has 21 heavy (non-hydrogen) atoms. The number of aryl methyl sites for hydroxylation is 1. The van der Waals surface area contributed by atoms with Crippen molar-refractivity contribution in [1.82, 2.24) is 14.3 Å². The van der Waals surface area contributed by atoms with Crippen LogP contribution in [0.3, 0.4) is 0 Å². The summed E-state index contributed by atoms with van der Waals surface area (Å²) >= 11 is 1.27. The summed E-state index contributed by atoms with van der Waals surface area (Å²) in [6.07, 6.45) is 5.06. The first-order valence-corrected chi connectivity index (χ1v) is 7.81. The highest BCUT2D eigenvalue weighted by Gasteiger charge is 2.15. The van der Waals surface area contributed by atoms with Gasteiger partial charge in [-0.3, -0.25) is 4.79 Å². The summed E-state index contributed by atoms with van der Waals surface area (Å²) in [7, 11) is 0. The van der Waals surface area contributed by atoms with Crippen LogP contribution in [0.25, 0.3) is 0 Å². The fourth-order valence-corrected chi connectivity index (χ4v) is 3.02. The third-order valence-corrected chi connectivity index (χ3v) is 4.23. The molecule has 0 unspecified atom stereocenters. The van der Waals surface area contributed by atoms with Crippen molar-refractivity contribution in [2.24, 2.45) is 0 Å². The van der Waals surface area contributed by atoms with Gasteiger partial charge in [0.2, 0.25) is 0 Å². The zero-order chi connectivity index (χ0) is 14.7. The minimum atomic E-state index is -0.223. The molecule has 1 aliphatic heterocycles. The smallest absolute Gasteiger partial charge is 0.275 e. The zero-order valence-corrected chi connectivity index (χ0v) is 12.7. The van der Waals surface area contributed by atoms with E-state index in [-0.39, 0.29) is 5.91 Å². The maximum Gasteiger partial charge on any atom is 0.275 e. The summed E-state index contributed by atoms with van der Waals surface area (Å²) in [4.78, 5) is 22.8. The molecule has 0 spiro atoms. The van der Waals surface area contributed by atoms with Crippen molar-refractivity contribution < 1.29 is 4.79 Å². The van der Waals surface area contributed by atoms with E-state index in [1.807, 2.05) is 13.0 Å². The number of piperidine rings is 1. The lowest BCUT2D eigenvalue weighted by Crippen LogP contribution is -2.30. The van der Waals surface area contributed by atoms with Gasteiger partial charge in [-0.1, -0.05) is 0 Å². The molecule has 1 amide bonds. The second kappa shape index (κ2) is 6.17. The lowest BCUT2D eigenvalue weighted by atomic mass is 10.1. The van der Waals surface area contributed by atoms with Crippen LogP contribution >= 0.6 is 11.5 Å². The Morgan fingerprint density at radius 1 is 1.24 bits per heavy atom. The van der Waals surface area contributed by atoms with Crippen molar-refractivity contribution in [3.8, 4) is 0 Å². The van der Waals surface area contributed by atoms with E-state index in [2.05, 4.69) is 24.6 Å². The molecule has 1 fully saturated rings. The number of hydrogen-bond acceptors (Lipinski definition) is 6. The molecular formula is C14H17N5OS. The summed E-state index contributed by atoms with van der Waals surface area (Å²) < 4.78 is 4.14. The van der Waals surface area contributed by atoms with Crippen molar-refractivity contribution >= 4 is 28.3 Å². The number of rotatable bonds is 3. The van der Waals surface area contributed by atoms with Gasteiger partial charge in [-0.05, 0) is 43.8 Å². The van der Waals surface area contributed by atoms with Gasteiger partial charge in [-0.25, -0.2) is 9.97 Å². The van der Waals surface area contributed by atoms with Crippen molar-refractivity contribution in [2.75, 3.05) is 23.3 Å². The summed E-state index contributed by atoms with van der Waals surface area (Å²) in [5.74, 6) is 0.606. The van der Waals surface area contributed by atoms with E-state index in [4.69, 9.17) is 0 Å². The Hall–Kier alpha value is -2.02. The number of amides is 1. The van der Waals surface area contributed by atoms with Crippen LogP contribution in [-0.2, 0) is 0 Å². The number of aromatic nitrogens is 3. The number of nitrogens with zero attached hydrogens (tertiary/aromatic N) is 4. The lowest BCUT2D eigenvalue weighted by molar-refractivity contribution is 0.102. The summed E-state index contributed by atoms with van der Waals surface area (Å²) in [6, 6.07) is 3.60. The van der Waals surface area contributed by atoms with Gasteiger partial charge in [0.1, 0.15) is 22.8 Å². The maximum atomic E-state index is 12.2. The van der Waals surface area contributed by atoms with Crippen LogP contribution in [0.1, 0.15) is 35.4 Å². The van der Waals surface area contributed by atoms with Gasteiger partial charge >= 0.3 is 0 Å². The molecule has 0 bridgehead atoms. The van der Waals surface area contributed by atoms with Crippen LogP contribution in [0.15, 0.2) is 18.5 Å². The predicted octanol–water partition coefficient (Wildman–Crippen LogP) is 2.48. The van der Waals surface area contributed by atoms with Crippen molar-refractivity contribution in [1.29, 1.82) is 0 Å². The first-order chi connectivity index (χ1) is 10.2. The topological polar surface area (TPSA) is 71.0 Å². The molecule has 0 aromatic carbocycles. The average molecular weight is 303 g/mol. The predicted molar refractivity (Wildman–Crippen MR) is 82.9 cm³/mol. The Bertz CT molecular complexity index is 636.